The third-order valence-corrected chi connectivity index (χ3v) is 7.60. The molecule has 0 aliphatic heterocycles. The van der Waals surface area contributed by atoms with E-state index in [0.717, 1.165) is 15.6 Å². The highest BCUT2D eigenvalue weighted by molar-refractivity contribution is 7.89. The van der Waals surface area contributed by atoms with Gasteiger partial charge in [0.05, 0.1) is 10.6 Å². The van der Waals surface area contributed by atoms with E-state index >= 15 is 0 Å². The summed E-state index contributed by atoms with van der Waals surface area (Å²) in [6, 6.07) is 11.3. The lowest BCUT2D eigenvalue weighted by atomic mass is 10.1. The molecule has 0 aliphatic rings. The number of benzene rings is 2. The van der Waals surface area contributed by atoms with E-state index in [4.69, 9.17) is 0 Å². The summed E-state index contributed by atoms with van der Waals surface area (Å²) < 4.78 is 39.9. The molecule has 0 aliphatic carbocycles. The SMILES string of the molecule is Cc1cc(C(=O)N(C)CCCc2cc(-c3cccc(F)c3)n[nH]2)cc(S(=O)(=O)N(C)C)c1C. The predicted molar refractivity (Wildman–Crippen MR) is 126 cm³/mol. The Morgan fingerprint density at radius 1 is 1.09 bits per heavy atom. The van der Waals surface area contributed by atoms with Crippen molar-refractivity contribution >= 4 is 15.9 Å². The molecule has 0 bridgehead atoms. The third-order valence-electron chi connectivity index (χ3n) is 5.66. The minimum atomic E-state index is -3.66. The molecule has 1 N–H and O–H groups in total. The van der Waals surface area contributed by atoms with Crippen LogP contribution >= 0.6 is 0 Å². The normalized spacial score (nSPS) is 11.7. The number of sulfonamides is 1. The Morgan fingerprint density at radius 2 is 1.82 bits per heavy atom. The van der Waals surface area contributed by atoms with E-state index in [1.54, 1.807) is 44.0 Å². The van der Waals surface area contributed by atoms with Crippen molar-refractivity contribution in [3.05, 3.63) is 70.7 Å². The summed E-state index contributed by atoms with van der Waals surface area (Å²) in [5, 5.41) is 7.20. The average Bonchev–Trinajstić information content (AvgIpc) is 3.23. The molecule has 0 fully saturated rings. The first-order valence-electron chi connectivity index (χ1n) is 10.6. The first-order chi connectivity index (χ1) is 15.5. The second kappa shape index (κ2) is 9.84. The standard InChI is InChI=1S/C24H29FN4O3S/c1-16-12-19(14-23(17(16)2)33(31,32)28(3)4)24(30)29(5)11-7-10-21-15-22(27-26-21)18-8-6-9-20(25)13-18/h6,8-9,12-15H,7,10-11H2,1-5H3,(H,26,27). The van der Waals surface area contributed by atoms with Crippen LogP contribution in [0.4, 0.5) is 4.39 Å². The maximum atomic E-state index is 13.4. The highest BCUT2D eigenvalue weighted by Gasteiger charge is 2.24. The van der Waals surface area contributed by atoms with E-state index in [-0.39, 0.29) is 16.6 Å². The van der Waals surface area contributed by atoms with Crippen molar-refractivity contribution in [3.63, 3.8) is 0 Å². The van der Waals surface area contributed by atoms with E-state index in [2.05, 4.69) is 10.2 Å². The summed E-state index contributed by atoms with van der Waals surface area (Å²) >= 11 is 0. The van der Waals surface area contributed by atoms with Crippen molar-refractivity contribution in [2.75, 3.05) is 27.7 Å². The summed E-state index contributed by atoms with van der Waals surface area (Å²) in [5.74, 6) is -0.552. The van der Waals surface area contributed by atoms with Crippen LogP contribution in [0.5, 0.6) is 0 Å². The van der Waals surface area contributed by atoms with Gasteiger partial charge >= 0.3 is 0 Å². The molecule has 3 aromatic rings. The van der Waals surface area contributed by atoms with E-state index in [9.17, 15) is 17.6 Å². The number of hydrogen-bond acceptors (Lipinski definition) is 4. The van der Waals surface area contributed by atoms with E-state index in [1.807, 2.05) is 6.07 Å². The molecule has 33 heavy (non-hydrogen) atoms. The first kappa shape index (κ1) is 24.6. The number of nitrogens with one attached hydrogen (secondary N) is 1. The predicted octanol–water partition coefficient (Wildman–Crippen LogP) is 3.79. The minimum Gasteiger partial charge on any atom is -0.342 e. The minimum absolute atomic E-state index is 0.145. The van der Waals surface area contributed by atoms with Crippen molar-refractivity contribution in [2.24, 2.45) is 0 Å². The summed E-state index contributed by atoms with van der Waals surface area (Å²) in [4.78, 5) is 14.7. The monoisotopic (exact) mass is 472 g/mol. The maximum absolute atomic E-state index is 13.4. The molecular formula is C24H29FN4O3S. The van der Waals surface area contributed by atoms with Crippen molar-refractivity contribution in [1.82, 2.24) is 19.4 Å². The largest absolute Gasteiger partial charge is 0.342 e. The lowest BCUT2D eigenvalue weighted by molar-refractivity contribution is 0.0793. The molecule has 1 heterocycles. The van der Waals surface area contributed by atoms with Gasteiger partial charge in [-0.1, -0.05) is 12.1 Å². The fourth-order valence-corrected chi connectivity index (χ4v) is 4.75. The molecular weight excluding hydrogens is 443 g/mol. The lowest BCUT2D eigenvalue weighted by Crippen LogP contribution is -2.29. The number of amides is 1. The number of H-pyrrole nitrogens is 1. The van der Waals surface area contributed by atoms with Crippen molar-refractivity contribution in [1.29, 1.82) is 0 Å². The molecule has 2 aromatic carbocycles. The third kappa shape index (κ3) is 5.48. The molecule has 0 unspecified atom stereocenters. The van der Waals surface area contributed by atoms with Gasteiger partial charge < -0.3 is 4.90 Å². The Kier molecular flexibility index (Phi) is 7.34. The molecule has 3 rings (SSSR count). The number of rotatable bonds is 8. The molecule has 176 valence electrons. The Bertz CT molecular complexity index is 1270. The first-order valence-corrected chi connectivity index (χ1v) is 12.0. The highest BCUT2D eigenvalue weighted by atomic mass is 32.2. The van der Waals surface area contributed by atoms with Gasteiger partial charge in [0.1, 0.15) is 5.82 Å². The Morgan fingerprint density at radius 3 is 2.48 bits per heavy atom. The van der Waals surface area contributed by atoms with Crippen LogP contribution in [0.15, 0.2) is 47.4 Å². The molecule has 0 radical (unpaired) electrons. The zero-order chi connectivity index (χ0) is 24.3. The molecule has 7 nitrogen and oxygen atoms in total. The Balaban J connectivity index is 1.66. The molecule has 0 saturated carbocycles. The molecule has 0 atom stereocenters. The number of aromatic nitrogens is 2. The van der Waals surface area contributed by atoms with Crippen LogP contribution < -0.4 is 0 Å². The van der Waals surface area contributed by atoms with Gasteiger partial charge in [0.25, 0.3) is 5.91 Å². The molecule has 0 saturated heterocycles. The van der Waals surface area contributed by atoms with Crippen LogP contribution in [0, 0.1) is 19.7 Å². The Hall–Kier alpha value is -3.04. The van der Waals surface area contributed by atoms with Crippen molar-refractivity contribution in [3.8, 4) is 11.3 Å². The van der Waals surface area contributed by atoms with Gasteiger partial charge in [-0.25, -0.2) is 17.1 Å². The zero-order valence-electron chi connectivity index (χ0n) is 19.5. The van der Waals surface area contributed by atoms with Crippen molar-refractivity contribution < 1.29 is 17.6 Å². The molecule has 1 aromatic heterocycles. The van der Waals surface area contributed by atoms with Crippen LogP contribution in [-0.2, 0) is 16.4 Å². The lowest BCUT2D eigenvalue weighted by Gasteiger charge is -2.20. The Labute approximate surface area is 194 Å². The molecule has 9 heteroatoms. The van der Waals surface area contributed by atoms with Crippen LogP contribution in [0.1, 0.15) is 33.6 Å². The number of carbonyl (C=O) groups is 1. The number of nitrogens with zero attached hydrogens (tertiary/aromatic N) is 3. The van der Waals surface area contributed by atoms with E-state index in [0.29, 0.717) is 41.8 Å². The quantitative estimate of drug-likeness (QED) is 0.541. The van der Waals surface area contributed by atoms with Gasteiger partial charge in [-0.05, 0) is 68.1 Å². The summed E-state index contributed by atoms with van der Waals surface area (Å²) in [7, 11) is 0.981. The second-order valence-corrected chi connectivity index (χ2v) is 10.4. The topological polar surface area (TPSA) is 86.4 Å². The average molecular weight is 473 g/mol. The number of aryl methyl sites for hydroxylation is 2. The fourth-order valence-electron chi connectivity index (χ4n) is 3.53. The van der Waals surface area contributed by atoms with Gasteiger partial charge in [-0.3, -0.25) is 9.89 Å². The van der Waals surface area contributed by atoms with Gasteiger partial charge in [0.15, 0.2) is 0 Å². The number of aromatic amines is 1. The summed E-state index contributed by atoms with van der Waals surface area (Å²) in [6.45, 7) is 4.03. The number of carbonyl (C=O) groups excluding carboxylic acids is 1. The van der Waals surface area contributed by atoms with Crippen LogP contribution in [0.3, 0.4) is 0 Å². The van der Waals surface area contributed by atoms with Crippen molar-refractivity contribution in [2.45, 2.75) is 31.6 Å². The summed E-state index contributed by atoms with van der Waals surface area (Å²) in [6.07, 6.45) is 1.34. The molecule has 1 amide bonds. The zero-order valence-corrected chi connectivity index (χ0v) is 20.3. The maximum Gasteiger partial charge on any atom is 0.253 e. The van der Waals surface area contributed by atoms with Gasteiger partial charge in [-0.2, -0.15) is 5.10 Å². The number of halogens is 1. The van der Waals surface area contributed by atoms with Crippen LogP contribution in [0.2, 0.25) is 0 Å². The van der Waals surface area contributed by atoms with Gasteiger partial charge in [-0.15, -0.1) is 0 Å². The molecule has 0 spiro atoms. The van der Waals surface area contributed by atoms with Gasteiger partial charge in [0.2, 0.25) is 10.0 Å². The second-order valence-electron chi connectivity index (χ2n) is 8.32. The fraction of sp³-hybridized carbons (Fsp3) is 0.333. The highest BCUT2D eigenvalue weighted by Crippen LogP contribution is 2.24. The summed E-state index contributed by atoms with van der Waals surface area (Å²) in [5.41, 5.74) is 3.98. The van der Waals surface area contributed by atoms with E-state index < -0.39 is 10.0 Å². The van der Waals surface area contributed by atoms with E-state index in [1.165, 1.54) is 32.3 Å². The smallest absolute Gasteiger partial charge is 0.253 e. The number of hydrogen-bond donors (Lipinski definition) is 1. The van der Waals surface area contributed by atoms with Crippen LogP contribution in [-0.4, -0.2) is 61.4 Å². The van der Waals surface area contributed by atoms with Gasteiger partial charge in [0, 0.05) is 44.5 Å². The van der Waals surface area contributed by atoms with Crippen LogP contribution in [0.25, 0.3) is 11.3 Å².